The van der Waals surface area contributed by atoms with Gasteiger partial charge in [0.1, 0.15) is 5.75 Å². The average Bonchev–Trinajstić information content (AvgIpc) is 2.76. The van der Waals surface area contributed by atoms with Gasteiger partial charge in [-0.15, -0.1) is 0 Å². The lowest BCUT2D eigenvalue weighted by Gasteiger charge is -2.30. The fourth-order valence-corrected chi connectivity index (χ4v) is 3.22. The molecule has 3 aliphatic heterocycles. The molecule has 0 atom stereocenters. The van der Waals surface area contributed by atoms with E-state index < -0.39 is 6.09 Å². The minimum absolute atomic E-state index is 0.402. The number of hydrogen-bond acceptors (Lipinski definition) is 6. The van der Waals surface area contributed by atoms with Gasteiger partial charge in [-0.1, -0.05) is 12.2 Å². The van der Waals surface area contributed by atoms with Crippen LogP contribution >= 0.6 is 0 Å². The average molecular weight is 393 g/mol. The van der Waals surface area contributed by atoms with Crippen molar-refractivity contribution >= 4 is 18.0 Å². The first-order valence-electron chi connectivity index (χ1n) is 9.50. The number of amides is 1. The van der Waals surface area contributed by atoms with Crippen molar-refractivity contribution in [2.75, 3.05) is 31.6 Å². The number of carboxylic acid groups (broad SMARTS) is 1. The van der Waals surface area contributed by atoms with E-state index >= 15 is 0 Å². The van der Waals surface area contributed by atoms with Crippen LogP contribution in [0.1, 0.15) is 6.42 Å². The number of carbonyl (C=O) groups is 1. The zero-order chi connectivity index (χ0) is 20.1. The van der Waals surface area contributed by atoms with Crippen molar-refractivity contribution in [3.05, 3.63) is 72.5 Å². The van der Waals surface area contributed by atoms with Crippen LogP contribution in [0.2, 0.25) is 0 Å². The summed E-state index contributed by atoms with van der Waals surface area (Å²) < 4.78 is 5.90. The van der Waals surface area contributed by atoms with Gasteiger partial charge in [-0.25, -0.2) is 9.79 Å². The molecule has 1 amide bonds. The number of allylic oxidation sites excluding steroid dienone is 2. The smallest absolute Gasteiger partial charge is 0.407 e. The van der Waals surface area contributed by atoms with E-state index in [0.29, 0.717) is 37.7 Å². The molecule has 0 fully saturated rings. The van der Waals surface area contributed by atoms with Crippen molar-refractivity contribution < 1.29 is 14.6 Å². The molecule has 0 radical (unpaired) electrons. The summed E-state index contributed by atoms with van der Waals surface area (Å²) in [5, 5.41) is 11.1. The zero-order valence-corrected chi connectivity index (χ0v) is 15.9. The van der Waals surface area contributed by atoms with Crippen LogP contribution in [-0.2, 0) is 0 Å². The molecule has 0 aliphatic carbocycles. The summed E-state index contributed by atoms with van der Waals surface area (Å²) in [6.45, 7) is 2.35. The van der Waals surface area contributed by atoms with Crippen LogP contribution < -0.4 is 10.2 Å². The van der Waals surface area contributed by atoms with Gasteiger partial charge >= 0.3 is 6.09 Å². The van der Waals surface area contributed by atoms with Gasteiger partial charge in [0, 0.05) is 37.6 Å². The number of anilines is 1. The lowest BCUT2D eigenvalue weighted by atomic mass is 10.2. The summed E-state index contributed by atoms with van der Waals surface area (Å²) in [4.78, 5) is 18.8. The first kappa shape index (κ1) is 18.7. The number of benzene rings is 1. The van der Waals surface area contributed by atoms with Crippen molar-refractivity contribution in [2.24, 2.45) is 4.99 Å². The fourth-order valence-electron chi connectivity index (χ4n) is 3.22. The Bertz CT molecular complexity index is 901. The predicted molar refractivity (Wildman–Crippen MR) is 111 cm³/mol. The van der Waals surface area contributed by atoms with Gasteiger partial charge in [-0.05, 0) is 36.4 Å². The Hall–Kier alpha value is -3.68. The predicted octanol–water partition coefficient (Wildman–Crippen LogP) is 3.23. The third-order valence-corrected chi connectivity index (χ3v) is 4.75. The summed E-state index contributed by atoms with van der Waals surface area (Å²) in [5.74, 6) is 1.20. The van der Waals surface area contributed by atoms with Crippen LogP contribution in [-0.4, -0.2) is 58.4 Å². The van der Waals surface area contributed by atoms with E-state index in [1.807, 2.05) is 64.8 Å². The number of rotatable bonds is 5. The summed E-state index contributed by atoms with van der Waals surface area (Å²) in [6, 6.07) is 7.70. The molecule has 1 aromatic rings. The van der Waals surface area contributed by atoms with Gasteiger partial charge in [0.05, 0.1) is 25.0 Å². The Morgan fingerprint density at radius 3 is 2.69 bits per heavy atom. The molecular formula is C21H23N5O3. The van der Waals surface area contributed by atoms with Crippen LogP contribution in [0.4, 0.5) is 10.5 Å². The largest absolute Gasteiger partial charge is 0.465 e. The number of nitrogens with one attached hydrogen (secondary N) is 1. The number of nitrogens with zero attached hydrogens (tertiary/aromatic N) is 4. The Morgan fingerprint density at radius 2 is 2.00 bits per heavy atom. The van der Waals surface area contributed by atoms with E-state index in [0.717, 1.165) is 17.9 Å². The molecule has 2 N–H and O–H groups in total. The van der Waals surface area contributed by atoms with Crippen molar-refractivity contribution in [1.29, 1.82) is 0 Å². The normalized spacial score (nSPS) is 18.4. The van der Waals surface area contributed by atoms with Gasteiger partial charge in [0.2, 0.25) is 5.88 Å². The Morgan fingerprint density at radius 1 is 1.14 bits per heavy atom. The highest BCUT2D eigenvalue weighted by atomic mass is 16.5. The summed E-state index contributed by atoms with van der Waals surface area (Å²) in [7, 11) is 0. The minimum Gasteiger partial charge on any atom is -0.465 e. The molecule has 8 nitrogen and oxygen atoms in total. The van der Waals surface area contributed by atoms with Crippen molar-refractivity contribution in [3.63, 3.8) is 0 Å². The van der Waals surface area contributed by atoms with E-state index in [1.54, 1.807) is 6.21 Å². The van der Waals surface area contributed by atoms with E-state index in [2.05, 4.69) is 16.5 Å². The molecule has 0 saturated carbocycles. The molecule has 150 valence electrons. The number of aliphatic imine (C=N–C) groups is 1. The highest BCUT2D eigenvalue weighted by Crippen LogP contribution is 2.23. The second-order valence-corrected chi connectivity index (χ2v) is 6.77. The third kappa shape index (κ3) is 4.78. The molecule has 0 spiro atoms. The number of hydrazine groups is 1. The fraction of sp³-hybridized carbons (Fsp3) is 0.238. The van der Waals surface area contributed by atoms with Crippen molar-refractivity contribution in [3.8, 4) is 5.75 Å². The Labute approximate surface area is 169 Å². The summed E-state index contributed by atoms with van der Waals surface area (Å²) in [6.07, 6.45) is 13.4. The topological polar surface area (TPSA) is 80.6 Å². The van der Waals surface area contributed by atoms with Gasteiger partial charge in [-0.3, -0.25) is 10.4 Å². The standard InChI is InChI=1S/C21H23N5O3/c27-21(28)24-13-8-18(9-14-24)25-15-10-22-20(16-25)29-19-6-4-17(5-7-19)23-26-11-2-1-3-12-26/h1-8,10-11,16,23H,9,12-15H2,(H,27,28). The number of ether oxygens (including phenoxy) is 1. The molecule has 0 aromatic heterocycles. The Kier molecular flexibility index (Phi) is 5.51. The quantitative estimate of drug-likeness (QED) is 0.800. The highest BCUT2D eigenvalue weighted by molar-refractivity contribution is 5.66. The lowest BCUT2D eigenvalue weighted by molar-refractivity contribution is 0.147. The molecule has 0 saturated heterocycles. The zero-order valence-electron chi connectivity index (χ0n) is 15.9. The van der Waals surface area contributed by atoms with E-state index in [4.69, 9.17) is 9.84 Å². The van der Waals surface area contributed by atoms with Crippen LogP contribution in [0.3, 0.4) is 0 Å². The van der Waals surface area contributed by atoms with Crippen LogP contribution in [0.15, 0.2) is 77.5 Å². The molecule has 8 heteroatoms. The van der Waals surface area contributed by atoms with Crippen molar-refractivity contribution in [2.45, 2.75) is 6.42 Å². The van der Waals surface area contributed by atoms with E-state index in [9.17, 15) is 4.79 Å². The maximum atomic E-state index is 11.0. The number of hydrogen-bond donors (Lipinski definition) is 2. The first-order valence-corrected chi connectivity index (χ1v) is 9.50. The minimum atomic E-state index is -0.884. The molecule has 0 unspecified atom stereocenters. The molecule has 3 heterocycles. The van der Waals surface area contributed by atoms with Crippen molar-refractivity contribution in [1.82, 2.24) is 14.8 Å². The van der Waals surface area contributed by atoms with Gasteiger partial charge < -0.3 is 19.6 Å². The third-order valence-electron chi connectivity index (χ3n) is 4.75. The molecule has 0 bridgehead atoms. The summed E-state index contributed by atoms with van der Waals surface area (Å²) in [5.41, 5.74) is 5.36. The Balaban J connectivity index is 1.36. The van der Waals surface area contributed by atoms with Gasteiger partial charge in [0.25, 0.3) is 0 Å². The SMILES string of the molecule is O=C(O)N1CC=C(N2C=C(Oc3ccc(NN4C=CC=CC4)cc3)N=CC2)CC1. The second kappa shape index (κ2) is 8.55. The molecular weight excluding hydrogens is 370 g/mol. The highest BCUT2D eigenvalue weighted by Gasteiger charge is 2.20. The molecule has 1 aromatic carbocycles. The van der Waals surface area contributed by atoms with E-state index in [-0.39, 0.29) is 0 Å². The van der Waals surface area contributed by atoms with Gasteiger partial charge in [-0.2, -0.15) is 0 Å². The first-order chi connectivity index (χ1) is 14.2. The summed E-state index contributed by atoms with van der Waals surface area (Å²) >= 11 is 0. The molecule has 29 heavy (non-hydrogen) atoms. The second-order valence-electron chi connectivity index (χ2n) is 6.77. The lowest BCUT2D eigenvalue weighted by Crippen LogP contribution is -2.36. The molecule has 3 aliphatic rings. The monoisotopic (exact) mass is 393 g/mol. The van der Waals surface area contributed by atoms with Crippen LogP contribution in [0.25, 0.3) is 0 Å². The maximum absolute atomic E-state index is 11.0. The maximum Gasteiger partial charge on any atom is 0.407 e. The van der Waals surface area contributed by atoms with Crippen LogP contribution in [0, 0.1) is 0 Å². The molecule has 4 rings (SSSR count). The van der Waals surface area contributed by atoms with Gasteiger partial charge in [0.15, 0.2) is 0 Å². The van der Waals surface area contributed by atoms with E-state index in [1.165, 1.54) is 4.90 Å². The van der Waals surface area contributed by atoms with Crippen LogP contribution in [0.5, 0.6) is 5.75 Å².